The van der Waals surface area contributed by atoms with E-state index >= 15 is 0 Å². The molecule has 0 bridgehead atoms. The Morgan fingerprint density at radius 3 is 0.832 bits per heavy atom. The second kappa shape index (κ2) is 55.8. The predicted molar refractivity (Wildman–Crippen MR) is 543 cm³/mol. The molecule has 1 aliphatic heterocycles. The molecule has 0 saturated carbocycles. The number of alkyl halides is 2. The molecular weight excluding hydrogens is 1700 g/mol. The number of carbonyl (C=O) groups is 6. The highest BCUT2D eigenvalue weighted by Gasteiger charge is 2.46. The Morgan fingerprint density at radius 2 is 0.603 bits per heavy atom. The van der Waals surface area contributed by atoms with E-state index in [0.29, 0.717) is 12.3 Å². The first-order chi connectivity index (χ1) is 63.1. The van der Waals surface area contributed by atoms with Crippen LogP contribution in [0.4, 0.5) is 0 Å². The van der Waals surface area contributed by atoms with Crippen LogP contribution in [0.3, 0.4) is 0 Å². The molecule has 2 N–H and O–H groups in total. The summed E-state index contributed by atoms with van der Waals surface area (Å²) in [7, 11) is 0. The molecule has 0 spiro atoms. The van der Waals surface area contributed by atoms with Gasteiger partial charge < -0.3 is 29.4 Å². The Bertz CT molecular complexity index is 5270. The normalized spacial score (nSPS) is 13.6. The van der Waals surface area contributed by atoms with E-state index in [1.165, 1.54) is 173 Å². The Labute approximate surface area is 796 Å². The summed E-state index contributed by atoms with van der Waals surface area (Å²) in [5.41, 5.74) is 33.1. The molecule has 10 aromatic rings. The second-order valence-corrected chi connectivity index (χ2v) is 34.9. The number of Topliss-reactive ketones (excluding diaryl/α,β-unsaturated/α-hetero) is 1. The zero-order valence-corrected chi connectivity index (χ0v) is 83.1. The highest BCUT2D eigenvalue weighted by Crippen LogP contribution is 2.58. The summed E-state index contributed by atoms with van der Waals surface area (Å²) < 4.78 is 13.3. The fraction of sp³-hybridized carbons (Fsp3) is 0.404. The first-order valence-electron chi connectivity index (χ1n) is 46.9. The summed E-state index contributed by atoms with van der Waals surface area (Å²) >= 11 is 14.2. The lowest BCUT2D eigenvalue weighted by Gasteiger charge is -2.32. The number of nitrogens with zero attached hydrogens (tertiary/aromatic N) is 2. The molecule has 0 atom stereocenters. The van der Waals surface area contributed by atoms with Crippen LogP contribution in [0, 0.1) is 0 Å². The molecule has 1 saturated heterocycles. The van der Waals surface area contributed by atoms with Crippen LogP contribution in [0.25, 0.3) is 55.6 Å². The standard InChI is InChI=1S/C23H27NO2.C21H25NO.C21H24O.C19H22.C13H10.C4H6O3.C4H8O2.C4H8O.C2H3ClO.C2H6O.CH2Cl2/c1-5-13-23(14-6-2)21-10-8-7-9-19(21)20-12-11-18(15-22(20)23)16(3)24-26-17(4)25;1-4-12-21(13-5-2)19-9-7-6-8-17(19)18-11-10-16(14-20(18)21)15(3)22-23;1-4-12-21(13-5-2)19-9-7-6-8-17(19)18-11-10-16(15(3)22)14-20(18)21;1-3-13-19(14-4-2)17-11-7-5-9-15(17)16-10-6-8-12-18(16)19;1-3-7-12-10(5-1)9-11-6-2-4-8-13(11)12;1-3(5)7-4(2)6;1-3-6-4(2)5;1-2-4-5-3-1;1-2(3)4;1-2-3;2-1-3/h7-12,15H,5-6,13-14H2,1-4H3;6-11,14,23H,4-5,12-13H2,1-3H3;6-11,14H,4-5,12-13H2,1-3H3;5-12H,3-4,13-14H2,1-2H3;1-8H,9H2;1-2H3;3H2,1-2H3;1-4H2;1H3;3H,2H2,1H3;1H2/b24-16+;22-15+;;;;;;;;;. The summed E-state index contributed by atoms with van der Waals surface area (Å²) in [4.78, 5) is 66.4. The molecule has 16 rings (SSSR count). The number of esters is 3. The van der Waals surface area contributed by atoms with Gasteiger partial charge in [0.2, 0.25) is 5.24 Å². The van der Waals surface area contributed by atoms with Crippen molar-refractivity contribution >= 4 is 81.1 Å². The van der Waals surface area contributed by atoms with E-state index in [0.717, 1.165) is 119 Å². The van der Waals surface area contributed by atoms with Crippen molar-refractivity contribution in [2.24, 2.45) is 10.3 Å². The number of ether oxygens (including phenoxy) is 3. The molecule has 0 aromatic heterocycles. The minimum atomic E-state index is -0.562. The number of aliphatic hydroxyl groups is 1. The van der Waals surface area contributed by atoms with E-state index in [1.807, 2.05) is 19.9 Å². The maximum Gasteiger partial charge on any atom is 0.331 e. The van der Waals surface area contributed by atoms with E-state index in [-0.39, 0.29) is 50.6 Å². The molecule has 10 aromatic carbocycles. The number of carbonyl (C=O) groups excluding carboxylic acids is 6. The third-order valence-electron chi connectivity index (χ3n) is 24.3. The minimum Gasteiger partial charge on any atom is -0.466 e. The maximum atomic E-state index is 11.8. The van der Waals surface area contributed by atoms with E-state index in [2.05, 4.69) is 305 Å². The van der Waals surface area contributed by atoms with Crippen molar-refractivity contribution in [1.29, 1.82) is 0 Å². The molecule has 17 heteroatoms. The molecule has 1 fully saturated rings. The first-order valence-corrected chi connectivity index (χ1v) is 48.3. The maximum absolute atomic E-state index is 11.8. The Kier molecular flexibility index (Phi) is 46.5. The molecule has 131 heavy (non-hydrogen) atoms. The van der Waals surface area contributed by atoms with Crippen LogP contribution in [0.15, 0.2) is 235 Å². The molecule has 5 aliphatic carbocycles. The summed E-state index contributed by atoms with van der Waals surface area (Å²) in [5.74, 6) is -1.58. The van der Waals surface area contributed by atoms with Crippen LogP contribution in [0.5, 0.6) is 0 Å². The largest absolute Gasteiger partial charge is 0.466 e. The fourth-order valence-electron chi connectivity index (χ4n) is 19.8. The van der Waals surface area contributed by atoms with Crippen LogP contribution in [0.2, 0.25) is 0 Å². The summed E-state index contributed by atoms with van der Waals surface area (Å²) in [5, 5.41) is 23.9. The number of oxime groups is 2. The van der Waals surface area contributed by atoms with Crippen LogP contribution < -0.4 is 0 Å². The number of halogens is 3. The van der Waals surface area contributed by atoms with Crippen molar-refractivity contribution in [3.05, 3.63) is 297 Å². The van der Waals surface area contributed by atoms with Gasteiger partial charge in [0.1, 0.15) is 0 Å². The van der Waals surface area contributed by atoms with Crippen molar-refractivity contribution in [3.63, 3.8) is 0 Å². The number of aliphatic hydroxyl groups excluding tert-OH is 1. The van der Waals surface area contributed by atoms with Gasteiger partial charge in [0.15, 0.2) is 5.78 Å². The summed E-state index contributed by atoms with van der Waals surface area (Å²) in [6, 6.07) is 81.1. The average molecular weight is 1840 g/mol. The molecule has 6 aliphatic rings. The third-order valence-corrected chi connectivity index (χ3v) is 24.3. The highest BCUT2D eigenvalue weighted by atomic mass is 35.5. The summed E-state index contributed by atoms with van der Waals surface area (Å²) in [6.45, 7) is 36.2. The number of hydrogen-bond donors (Lipinski definition) is 2. The molecule has 1 heterocycles. The highest BCUT2D eigenvalue weighted by molar-refractivity contribution is 6.62. The Balaban J connectivity index is 0.000000236. The van der Waals surface area contributed by atoms with Crippen molar-refractivity contribution in [2.75, 3.05) is 31.8 Å². The van der Waals surface area contributed by atoms with Gasteiger partial charge in [-0.2, -0.15) is 0 Å². The number of hydrogen-bond acceptors (Lipinski definition) is 14. The smallest absolute Gasteiger partial charge is 0.331 e. The van der Waals surface area contributed by atoms with E-state index in [9.17, 15) is 28.8 Å². The van der Waals surface area contributed by atoms with E-state index in [4.69, 9.17) is 43.1 Å². The molecule has 0 amide bonds. The van der Waals surface area contributed by atoms with Crippen molar-refractivity contribution < 1.29 is 58.1 Å². The number of rotatable bonds is 21. The van der Waals surface area contributed by atoms with Gasteiger partial charge in [-0.05, 0) is 257 Å². The van der Waals surface area contributed by atoms with Crippen LogP contribution in [-0.2, 0) is 71.1 Å². The van der Waals surface area contributed by atoms with Gasteiger partial charge in [0.05, 0.1) is 23.4 Å². The predicted octanol–water partition coefficient (Wildman–Crippen LogP) is 29.8. The Morgan fingerprint density at radius 1 is 0.351 bits per heavy atom. The van der Waals surface area contributed by atoms with Gasteiger partial charge in [-0.25, -0.2) is 4.79 Å². The molecule has 14 nitrogen and oxygen atoms in total. The van der Waals surface area contributed by atoms with E-state index in [1.54, 1.807) is 31.9 Å². The average Bonchev–Trinajstić information content (AvgIpc) is 1.58. The molecule has 0 unspecified atom stereocenters. The van der Waals surface area contributed by atoms with Gasteiger partial charge >= 0.3 is 23.9 Å². The lowest BCUT2D eigenvalue weighted by molar-refractivity contribution is -0.156. The van der Waals surface area contributed by atoms with Crippen LogP contribution >= 0.6 is 34.8 Å². The number of ketones is 1. The van der Waals surface area contributed by atoms with Gasteiger partial charge in [-0.1, -0.05) is 323 Å². The first kappa shape index (κ1) is 109. The van der Waals surface area contributed by atoms with E-state index < -0.39 is 17.9 Å². The zero-order chi connectivity index (χ0) is 96.3. The second-order valence-electron chi connectivity index (χ2n) is 33.5. The topological polar surface area (TPSA) is 205 Å². The van der Waals surface area contributed by atoms with Gasteiger partial charge in [0.25, 0.3) is 0 Å². The SMILES string of the molecule is C1CCOC1.CC(=O)Cl.CC(=O)OC(C)=O.CCCC1(CCC)c2ccccc2-c2ccc(/C(C)=N/O)cc21.CCCC1(CCC)c2ccccc2-c2ccc(/C(C)=N/OC(C)=O)cc21.CCCC1(CCC)c2ccccc2-c2ccc(C(C)=O)cc21.CCCC1(CCC)c2ccccc2-c2ccccc21.CCO.CCOC(C)=O.ClCCl.c1ccc2c(c1)Cc1ccccc1-2. The lowest BCUT2D eigenvalue weighted by atomic mass is 9.71. The van der Waals surface area contributed by atoms with Gasteiger partial charge in [0, 0.05) is 81.7 Å². The zero-order valence-electron chi connectivity index (χ0n) is 80.8. The quantitative estimate of drug-likeness (QED) is 0.00794. The lowest BCUT2D eigenvalue weighted by Crippen LogP contribution is -2.25. The number of fused-ring (bicyclic) bond motifs is 15. The molecule has 700 valence electrons. The monoisotopic (exact) mass is 1830 g/mol. The molecular formula is C114H141Cl3N2O12. The fourth-order valence-corrected chi connectivity index (χ4v) is 19.8. The minimum absolute atomic E-state index is 0.0626. The van der Waals surface area contributed by atoms with Gasteiger partial charge in [-0.15, -0.1) is 23.2 Å². The van der Waals surface area contributed by atoms with Crippen molar-refractivity contribution in [3.8, 4) is 55.6 Å². The van der Waals surface area contributed by atoms with Crippen LogP contribution in [0.1, 0.15) is 317 Å². The molecule has 0 radical (unpaired) electrons. The van der Waals surface area contributed by atoms with Gasteiger partial charge in [-0.3, -0.25) is 24.0 Å². The van der Waals surface area contributed by atoms with Crippen molar-refractivity contribution in [2.45, 2.75) is 268 Å². The Hall–Kier alpha value is -10.5. The third kappa shape index (κ3) is 28.5. The van der Waals surface area contributed by atoms with Crippen molar-refractivity contribution in [1.82, 2.24) is 0 Å². The summed E-state index contributed by atoms with van der Waals surface area (Å²) in [6.07, 6.45) is 22.4. The number of benzene rings is 10. The van der Waals surface area contributed by atoms with Crippen LogP contribution in [-0.4, -0.2) is 88.4 Å².